The van der Waals surface area contributed by atoms with Gasteiger partial charge in [-0.1, -0.05) is 22.9 Å². The fraction of sp³-hybridized carbons (Fsp3) is 0.333. The van der Waals surface area contributed by atoms with Crippen molar-refractivity contribution in [3.63, 3.8) is 0 Å². The summed E-state index contributed by atoms with van der Waals surface area (Å²) in [6.07, 6.45) is 2.70. The summed E-state index contributed by atoms with van der Waals surface area (Å²) < 4.78 is 25.2. The number of rotatable bonds is 7. The molecular weight excluding hydrogens is 325 g/mol. The lowest BCUT2D eigenvalue weighted by Crippen LogP contribution is -2.14. The first-order chi connectivity index (χ1) is 9.70. The largest absolute Gasteiger partial charge is 0.483 e. The highest BCUT2D eigenvalue weighted by Gasteiger charge is 2.09. The van der Waals surface area contributed by atoms with Gasteiger partial charge in [0, 0.05) is 16.6 Å². The van der Waals surface area contributed by atoms with Gasteiger partial charge >= 0.3 is 0 Å². The number of halogens is 2. The van der Waals surface area contributed by atoms with E-state index in [1.807, 2.05) is 6.07 Å². The van der Waals surface area contributed by atoms with Crippen molar-refractivity contribution in [1.29, 1.82) is 0 Å². The third kappa shape index (κ3) is 4.08. The Morgan fingerprint density at radius 1 is 1.35 bits per heavy atom. The molecule has 0 aliphatic rings. The van der Waals surface area contributed by atoms with Crippen molar-refractivity contribution in [3.05, 3.63) is 52.1 Å². The van der Waals surface area contributed by atoms with E-state index in [4.69, 9.17) is 9.15 Å². The van der Waals surface area contributed by atoms with Crippen molar-refractivity contribution in [2.24, 2.45) is 0 Å². The van der Waals surface area contributed by atoms with Crippen molar-refractivity contribution in [3.8, 4) is 5.75 Å². The molecule has 0 spiro atoms. The van der Waals surface area contributed by atoms with Crippen LogP contribution < -0.4 is 10.1 Å². The smallest absolute Gasteiger partial charge is 0.166 e. The molecule has 1 N–H and O–H groups in total. The number of hydrogen-bond acceptors (Lipinski definition) is 3. The van der Waals surface area contributed by atoms with Crippen LogP contribution in [0.3, 0.4) is 0 Å². The monoisotopic (exact) mass is 341 g/mol. The Balaban J connectivity index is 1.95. The van der Waals surface area contributed by atoms with Gasteiger partial charge < -0.3 is 14.5 Å². The molecule has 2 rings (SSSR count). The van der Waals surface area contributed by atoms with Crippen molar-refractivity contribution in [2.75, 3.05) is 6.54 Å². The maximum absolute atomic E-state index is 13.6. The Hall–Kier alpha value is -1.33. The summed E-state index contributed by atoms with van der Waals surface area (Å²) >= 11 is 3.21. The van der Waals surface area contributed by atoms with Crippen LogP contribution in [-0.2, 0) is 13.2 Å². The average molecular weight is 342 g/mol. The quantitative estimate of drug-likeness (QED) is 0.764. The topological polar surface area (TPSA) is 34.4 Å². The molecule has 0 atom stereocenters. The first kappa shape index (κ1) is 15.1. The van der Waals surface area contributed by atoms with Gasteiger partial charge in [0.1, 0.15) is 12.4 Å². The summed E-state index contributed by atoms with van der Waals surface area (Å²) in [5.41, 5.74) is 1.04. The molecule has 0 aliphatic carbocycles. The summed E-state index contributed by atoms with van der Waals surface area (Å²) in [6, 6.07) is 6.61. The maximum Gasteiger partial charge on any atom is 0.166 e. The second-order valence-electron chi connectivity index (χ2n) is 4.41. The predicted octanol–water partition coefficient (Wildman–Crippen LogP) is 4.26. The third-order valence-electron chi connectivity index (χ3n) is 2.83. The highest BCUT2D eigenvalue weighted by molar-refractivity contribution is 9.10. The van der Waals surface area contributed by atoms with E-state index >= 15 is 0 Å². The van der Waals surface area contributed by atoms with Crippen molar-refractivity contribution < 1.29 is 13.5 Å². The molecule has 3 nitrogen and oxygen atoms in total. The summed E-state index contributed by atoms with van der Waals surface area (Å²) in [5, 5.41) is 3.30. The van der Waals surface area contributed by atoms with Crippen LogP contribution >= 0.6 is 15.9 Å². The van der Waals surface area contributed by atoms with Crippen molar-refractivity contribution in [1.82, 2.24) is 5.32 Å². The fourth-order valence-corrected chi connectivity index (χ4v) is 2.12. The molecule has 2 aromatic rings. The fourth-order valence-electron chi connectivity index (χ4n) is 1.79. The minimum atomic E-state index is -0.392. The third-order valence-corrected chi connectivity index (χ3v) is 3.33. The first-order valence-electron chi connectivity index (χ1n) is 6.54. The Labute approximate surface area is 126 Å². The van der Waals surface area contributed by atoms with E-state index in [1.54, 1.807) is 18.4 Å². The van der Waals surface area contributed by atoms with E-state index in [1.165, 1.54) is 6.07 Å². The summed E-state index contributed by atoms with van der Waals surface area (Å²) in [5.74, 6) is 0.546. The lowest BCUT2D eigenvalue weighted by molar-refractivity contribution is 0.256. The highest BCUT2D eigenvalue weighted by Crippen LogP contribution is 2.23. The van der Waals surface area contributed by atoms with E-state index in [-0.39, 0.29) is 12.4 Å². The minimum absolute atomic E-state index is 0.217. The number of ether oxygens (including phenoxy) is 1. The lowest BCUT2D eigenvalue weighted by Gasteiger charge is -2.08. The molecule has 0 unspecified atom stereocenters. The number of furan rings is 1. The van der Waals surface area contributed by atoms with Gasteiger partial charge in [-0.05, 0) is 37.2 Å². The second kappa shape index (κ2) is 7.45. The maximum atomic E-state index is 13.6. The molecule has 1 aromatic heterocycles. The summed E-state index contributed by atoms with van der Waals surface area (Å²) in [7, 11) is 0. The van der Waals surface area contributed by atoms with Crippen LogP contribution in [-0.4, -0.2) is 6.54 Å². The van der Waals surface area contributed by atoms with Crippen molar-refractivity contribution >= 4 is 15.9 Å². The van der Waals surface area contributed by atoms with Crippen LogP contribution in [0.4, 0.5) is 4.39 Å². The molecule has 1 aromatic carbocycles. The van der Waals surface area contributed by atoms with Gasteiger partial charge in [-0.15, -0.1) is 0 Å². The lowest BCUT2D eigenvalue weighted by atomic mass is 10.2. The van der Waals surface area contributed by atoms with Gasteiger partial charge in [0.15, 0.2) is 11.6 Å². The molecule has 0 saturated carbocycles. The Bertz CT molecular complexity index is 557. The minimum Gasteiger partial charge on any atom is -0.483 e. The SMILES string of the molecule is CCCNCc1ccoc1COc1ccc(Br)cc1F. The van der Waals surface area contributed by atoms with Crippen LogP contribution in [0, 0.1) is 5.82 Å². The molecule has 0 bridgehead atoms. The number of benzene rings is 1. The Kier molecular flexibility index (Phi) is 5.61. The molecule has 1 heterocycles. The zero-order chi connectivity index (χ0) is 14.4. The molecule has 108 valence electrons. The number of hydrogen-bond donors (Lipinski definition) is 1. The first-order valence-corrected chi connectivity index (χ1v) is 7.33. The van der Waals surface area contributed by atoms with Gasteiger partial charge in [-0.3, -0.25) is 0 Å². The van der Waals surface area contributed by atoms with Gasteiger partial charge in [0.25, 0.3) is 0 Å². The second-order valence-corrected chi connectivity index (χ2v) is 5.32. The van der Waals surface area contributed by atoms with Crippen LogP contribution in [0.15, 0.2) is 39.4 Å². The molecule has 0 saturated heterocycles. The Morgan fingerprint density at radius 2 is 2.20 bits per heavy atom. The molecule has 5 heteroatoms. The van der Waals surface area contributed by atoms with Crippen LogP contribution in [0.5, 0.6) is 5.75 Å². The van der Waals surface area contributed by atoms with E-state index in [9.17, 15) is 4.39 Å². The van der Waals surface area contributed by atoms with E-state index in [2.05, 4.69) is 28.2 Å². The van der Waals surface area contributed by atoms with E-state index in [0.29, 0.717) is 4.47 Å². The normalized spacial score (nSPS) is 10.8. The van der Waals surface area contributed by atoms with Crippen molar-refractivity contribution in [2.45, 2.75) is 26.5 Å². The molecule has 20 heavy (non-hydrogen) atoms. The standard InChI is InChI=1S/C15H17BrFNO2/c1-2-6-18-9-11-5-7-19-15(11)10-20-14-4-3-12(16)8-13(14)17/h3-5,7-8,18H,2,6,9-10H2,1H3. The number of nitrogens with one attached hydrogen (secondary N) is 1. The van der Waals surface area contributed by atoms with Crippen LogP contribution in [0.25, 0.3) is 0 Å². The van der Waals surface area contributed by atoms with E-state index in [0.717, 1.165) is 30.8 Å². The molecule has 0 radical (unpaired) electrons. The summed E-state index contributed by atoms with van der Waals surface area (Å²) in [4.78, 5) is 0. The van der Waals surface area contributed by atoms with Gasteiger partial charge in [0.05, 0.1) is 6.26 Å². The zero-order valence-corrected chi connectivity index (χ0v) is 12.9. The van der Waals surface area contributed by atoms with Crippen LogP contribution in [0.1, 0.15) is 24.7 Å². The summed E-state index contributed by atoms with van der Waals surface area (Å²) in [6.45, 7) is 4.01. The highest BCUT2D eigenvalue weighted by atomic mass is 79.9. The molecule has 0 aliphatic heterocycles. The Morgan fingerprint density at radius 3 is 2.95 bits per heavy atom. The molecule has 0 fully saturated rings. The van der Waals surface area contributed by atoms with Gasteiger partial charge in [-0.25, -0.2) is 4.39 Å². The molecule has 0 amide bonds. The van der Waals surface area contributed by atoms with Gasteiger partial charge in [0.2, 0.25) is 0 Å². The predicted molar refractivity (Wildman–Crippen MR) is 79.1 cm³/mol. The molecular formula is C15H17BrFNO2. The average Bonchev–Trinajstić information content (AvgIpc) is 2.86. The van der Waals surface area contributed by atoms with Gasteiger partial charge in [-0.2, -0.15) is 0 Å². The van der Waals surface area contributed by atoms with E-state index < -0.39 is 5.82 Å². The van der Waals surface area contributed by atoms with Crippen LogP contribution in [0.2, 0.25) is 0 Å². The zero-order valence-electron chi connectivity index (χ0n) is 11.3.